The number of hydrogen-bond acceptors (Lipinski definition) is 5. The van der Waals surface area contributed by atoms with Crippen molar-refractivity contribution in [2.75, 3.05) is 38.6 Å². The molecule has 2 fully saturated rings. The van der Waals surface area contributed by atoms with Crippen LogP contribution >= 0.6 is 0 Å². The molecule has 0 spiro atoms. The van der Waals surface area contributed by atoms with E-state index in [1.165, 1.54) is 6.42 Å². The molecule has 1 atom stereocenters. The second-order valence-electron chi connectivity index (χ2n) is 5.34. The van der Waals surface area contributed by atoms with Gasteiger partial charge in [0, 0.05) is 19.6 Å². The lowest BCUT2D eigenvalue weighted by molar-refractivity contribution is -0.125. The van der Waals surface area contributed by atoms with Crippen LogP contribution in [0.3, 0.4) is 0 Å². The lowest BCUT2D eigenvalue weighted by Crippen LogP contribution is -2.52. The van der Waals surface area contributed by atoms with E-state index >= 15 is 0 Å². The Labute approximate surface area is 119 Å². The summed E-state index contributed by atoms with van der Waals surface area (Å²) in [5.41, 5.74) is 0. The summed E-state index contributed by atoms with van der Waals surface area (Å²) in [7, 11) is -3.30. The number of nitrogens with one attached hydrogen (secondary N) is 3. The number of rotatable bonds is 7. The van der Waals surface area contributed by atoms with Crippen molar-refractivity contribution in [2.45, 2.75) is 25.3 Å². The summed E-state index contributed by atoms with van der Waals surface area (Å²) in [5, 5.41) is 5.64. The van der Waals surface area contributed by atoms with Crippen molar-refractivity contribution in [1.29, 1.82) is 0 Å². The highest BCUT2D eigenvalue weighted by Gasteiger charge is 2.22. The van der Waals surface area contributed by atoms with Crippen LogP contribution in [0.15, 0.2) is 0 Å². The van der Waals surface area contributed by atoms with Gasteiger partial charge >= 0.3 is 0 Å². The molecule has 0 bridgehead atoms. The summed E-state index contributed by atoms with van der Waals surface area (Å²) in [4.78, 5) is 11.7. The van der Waals surface area contributed by atoms with Crippen molar-refractivity contribution in [1.82, 2.24) is 15.4 Å². The molecule has 20 heavy (non-hydrogen) atoms. The lowest BCUT2D eigenvalue weighted by Gasteiger charge is -2.25. The number of carbonyl (C=O) groups is 1. The second kappa shape index (κ2) is 7.35. The summed E-state index contributed by atoms with van der Waals surface area (Å²) >= 11 is 0. The Morgan fingerprint density at radius 3 is 2.75 bits per heavy atom. The average molecular weight is 305 g/mol. The highest BCUT2D eigenvalue weighted by molar-refractivity contribution is 7.89. The lowest BCUT2D eigenvalue weighted by atomic mass is 9.86. The fourth-order valence-corrected chi connectivity index (χ4v) is 3.18. The zero-order valence-electron chi connectivity index (χ0n) is 11.6. The van der Waals surface area contributed by atoms with E-state index in [4.69, 9.17) is 4.74 Å². The minimum atomic E-state index is -3.30. The largest absolute Gasteiger partial charge is 0.378 e. The Morgan fingerprint density at radius 1 is 1.35 bits per heavy atom. The van der Waals surface area contributed by atoms with Gasteiger partial charge in [-0.1, -0.05) is 6.42 Å². The quantitative estimate of drug-likeness (QED) is 0.550. The first kappa shape index (κ1) is 15.7. The minimum absolute atomic E-state index is 0.0843. The van der Waals surface area contributed by atoms with E-state index in [1.807, 2.05) is 0 Å². The standard InChI is InChI=1S/C12H23N3O4S/c16-12(11-9-19-6-4-13-11)14-5-7-20(17,18)15-8-10-2-1-3-10/h10-11,13,15H,1-9H2,(H,14,16). The van der Waals surface area contributed by atoms with Gasteiger partial charge in [0.2, 0.25) is 15.9 Å². The third kappa shape index (κ3) is 5.01. The molecular weight excluding hydrogens is 282 g/mol. The first-order valence-corrected chi connectivity index (χ1v) is 8.78. The maximum absolute atomic E-state index is 11.7. The highest BCUT2D eigenvalue weighted by atomic mass is 32.2. The van der Waals surface area contributed by atoms with Crippen molar-refractivity contribution >= 4 is 15.9 Å². The Balaban J connectivity index is 1.61. The predicted octanol–water partition coefficient (Wildman–Crippen LogP) is -1.19. The Morgan fingerprint density at radius 2 is 2.15 bits per heavy atom. The number of sulfonamides is 1. The number of morpholine rings is 1. The molecule has 116 valence electrons. The van der Waals surface area contributed by atoms with Crippen molar-refractivity contribution in [3.05, 3.63) is 0 Å². The normalized spacial score (nSPS) is 24.1. The molecule has 0 aromatic rings. The summed E-state index contributed by atoms with van der Waals surface area (Å²) < 4.78 is 31.2. The van der Waals surface area contributed by atoms with Crippen LogP contribution in [0.1, 0.15) is 19.3 Å². The average Bonchev–Trinajstić information content (AvgIpc) is 2.37. The number of hydrogen-bond donors (Lipinski definition) is 3. The molecule has 1 heterocycles. The third-order valence-electron chi connectivity index (χ3n) is 3.72. The summed E-state index contributed by atoms with van der Waals surface area (Å²) in [5.74, 6) is 0.195. The SMILES string of the molecule is O=C(NCCS(=O)(=O)NCC1CCC1)C1COCCN1. The van der Waals surface area contributed by atoms with Gasteiger partial charge in [-0.2, -0.15) is 0 Å². The zero-order chi connectivity index (χ0) is 14.4. The fraction of sp³-hybridized carbons (Fsp3) is 0.917. The second-order valence-corrected chi connectivity index (χ2v) is 7.26. The molecule has 1 unspecified atom stereocenters. The van der Waals surface area contributed by atoms with Crippen LogP contribution in [0.5, 0.6) is 0 Å². The molecule has 8 heteroatoms. The topological polar surface area (TPSA) is 96.5 Å². The molecule has 0 radical (unpaired) electrons. The predicted molar refractivity (Wildman–Crippen MR) is 74.7 cm³/mol. The van der Waals surface area contributed by atoms with E-state index in [0.29, 0.717) is 32.2 Å². The van der Waals surface area contributed by atoms with Crippen LogP contribution in [0.4, 0.5) is 0 Å². The van der Waals surface area contributed by atoms with Gasteiger partial charge < -0.3 is 15.4 Å². The molecule has 1 saturated carbocycles. The van der Waals surface area contributed by atoms with Crippen LogP contribution in [0.2, 0.25) is 0 Å². The molecule has 1 saturated heterocycles. The van der Waals surface area contributed by atoms with Gasteiger partial charge in [0.25, 0.3) is 0 Å². The van der Waals surface area contributed by atoms with Gasteiger partial charge in [-0.05, 0) is 18.8 Å². The molecular formula is C12H23N3O4S. The molecule has 1 amide bonds. The molecule has 7 nitrogen and oxygen atoms in total. The smallest absolute Gasteiger partial charge is 0.239 e. The Bertz CT molecular complexity index is 416. The maximum Gasteiger partial charge on any atom is 0.239 e. The fourth-order valence-electron chi connectivity index (χ4n) is 2.18. The monoisotopic (exact) mass is 305 g/mol. The van der Waals surface area contributed by atoms with Crippen molar-refractivity contribution in [3.63, 3.8) is 0 Å². The molecule has 0 aromatic carbocycles. The van der Waals surface area contributed by atoms with E-state index in [2.05, 4.69) is 15.4 Å². The van der Waals surface area contributed by atoms with Gasteiger partial charge in [-0.25, -0.2) is 13.1 Å². The molecule has 3 N–H and O–H groups in total. The van der Waals surface area contributed by atoms with E-state index in [0.717, 1.165) is 12.8 Å². The van der Waals surface area contributed by atoms with E-state index in [-0.39, 0.29) is 24.2 Å². The van der Waals surface area contributed by atoms with E-state index in [9.17, 15) is 13.2 Å². The summed E-state index contributed by atoms with van der Waals surface area (Å²) in [6, 6.07) is -0.380. The molecule has 1 aliphatic heterocycles. The Kier molecular flexibility index (Phi) is 5.76. The maximum atomic E-state index is 11.7. The first-order valence-electron chi connectivity index (χ1n) is 7.13. The molecule has 2 rings (SSSR count). The number of carbonyl (C=O) groups excluding carboxylic acids is 1. The number of amides is 1. The van der Waals surface area contributed by atoms with Gasteiger partial charge in [0.15, 0.2) is 0 Å². The van der Waals surface area contributed by atoms with Gasteiger partial charge in [-0.3, -0.25) is 4.79 Å². The van der Waals surface area contributed by atoms with Crippen molar-refractivity contribution in [2.24, 2.45) is 5.92 Å². The van der Waals surface area contributed by atoms with Crippen LogP contribution < -0.4 is 15.4 Å². The number of ether oxygens (including phenoxy) is 1. The zero-order valence-corrected chi connectivity index (χ0v) is 12.4. The summed E-state index contributed by atoms with van der Waals surface area (Å²) in [6.45, 7) is 2.21. The molecule has 1 aliphatic carbocycles. The van der Waals surface area contributed by atoms with Gasteiger partial charge in [-0.15, -0.1) is 0 Å². The van der Waals surface area contributed by atoms with Crippen LogP contribution in [0.25, 0.3) is 0 Å². The molecule has 2 aliphatic rings. The minimum Gasteiger partial charge on any atom is -0.378 e. The van der Waals surface area contributed by atoms with Gasteiger partial charge in [0.05, 0.1) is 19.0 Å². The Hall–Kier alpha value is -0.700. The van der Waals surface area contributed by atoms with Crippen LogP contribution in [-0.4, -0.2) is 59.0 Å². The van der Waals surface area contributed by atoms with E-state index in [1.54, 1.807) is 0 Å². The van der Waals surface area contributed by atoms with Crippen LogP contribution in [0, 0.1) is 5.92 Å². The van der Waals surface area contributed by atoms with Crippen LogP contribution in [-0.2, 0) is 19.6 Å². The molecule has 0 aromatic heterocycles. The van der Waals surface area contributed by atoms with Gasteiger partial charge in [0.1, 0.15) is 6.04 Å². The summed E-state index contributed by atoms with van der Waals surface area (Å²) in [6.07, 6.45) is 3.40. The van der Waals surface area contributed by atoms with Crippen molar-refractivity contribution in [3.8, 4) is 0 Å². The highest BCUT2D eigenvalue weighted by Crippen LogP contribution is 2.25. The van der Waals surface area contributed by atoms with E-state index < -0.39 is 10.0 Å². The first-order chi connectivity index (χ1) is 9.57. The van der Waals surface area contributed by atoms with Crippen molar-refractivity contribution < 1.29 is 17.9 Å². The third-order valence-corrected chi connectivity index (χ3v) is 5.07.